The molecule has 0 fully saturated rings. The van der Waals surface area contributed by atoms with E-state index in [-0.39, 0.29) is 11.3 Å². The van der Waals surface area contributed by atoms with Crippen LogP contribution in [0.3, 0.4) is 0 Å². The molecule has 0 saturated carbocycles. The zero-order valence-electron chi connectivity index (χ0n) is 10.6. The first-order chi connectivity index (χ1) is 9.19. The highest BCUT2D eigenvalue weighted by Crippen LogP contribution is 2.32. The molecule has 0 aliphatic carbocycles. The third kappa shape index (κ3) is 2.49. The van der Waals surface area contributed by atoms with E-state index in [0.717, 1.165) is 5.56 Å². The summed E-state index contributed by atoms with van der Waals surface area (Å²) in [5, 5.41) is 9.49. The molecule has 0 bridgehead atoms. The van der Waals surface area contributed by atoms with Crippen molar-refractivity contribution in [1.82, 2.24) is 4.98 Å². The summed E-state index contributed by atoms with van der Waals surface area (Å²) in [5.74, 6) is 0.774. The lowest BCUT2D eigenvalue weighted by molar-refractivity contribution is 0.112. The lowest BCUT2D eigenvalue weighted by Gasteiger charge is -2.10. The van der Waals surface area contributed by atoms with Crippen LogP contribution in [0.25, 0.3) is 11.1 Å². The van der Waals surface area contributed by atoms with Crippen molar-refractivity contribution in [3.8, 4) is 28.6 Å². The molecule has 2 aromatic rings. The topological polar surface area (TPSA) is 68.7 Å². The first-order valence-corrected chi connectivity index (χ1v) is 5.57. The Morgan fingerprint density at radius 3 is 2.58 bits per heavy atom. The van der Waals surface area contributed by atoms with Crippen molar-refractivity contribution >= 4 is 6.29 Å². The monoisotopic (exact) mass is 259 g/mol. The summed E-state index contributed by atoms with van der Waals surface area (Å²) < 4.78 is 10.2. The average molecular weight is 259 g/mol. The van der Waals surface area contributed by atoms with Crippen LogP contribution in [0.15, 0.2) is 30.3 Å². The molecule has 5 nitrogen and oxygen atoms in total. The SMILES string of the molecule is COc1ccc(-c2ccc(O)c(C=O)c2)c(OC)n1. The smallest absolute Gasteiger partial charge is 0.224 e. The minimum absolute atomic E-state index is 0.0563. The molecule has 0 unspecified atom stereocenters. The number of carbonyl (C=O) groups is 1. The normalized spacial score (nSPS) is 10.0. The third-order valence-electron chi connectivity index (χ3n) is 2.70. The number of aromatic nitrogens is 1. The van der Waals surface area contributed by atoms with E-state index in [4.69, 9.17) is 9.47 Å². The van der Waals surface area contributed by atoms with Crippen LogP contribution in [0.4, 0.5) is 0 Å². The van der Waals surface area contributed by atoms with Gasteiger partial charge in [0.2, 0.25) is 11.8 Å². The largest absolute Gasteiger partial charge is 0.507 e. The van der Waals surface area contributed by atoms with E-state index in [1.165, 1.54) is 20.3 Å². The van der Waals surface area contributed by atoms with Crippen LogP contribution in [-0.2, 0) is 0 Å². The summed E-state index contributed by atoms with van der Waals surface area (Å²) in [4.78, 5) is 15.0. The number of methoxy groups -OCH3 is 2. The molecule has 5 heteroatoms. The highest BCUT2D eigenvalue weighted by Gasteiger charge is 2.11. The molecule has 0 radical (unpaired) electrons. The highest BCUT2D eigenvalue weighted by molar-refractivity contribution is 5.83. The maximum Gasteiger partial charge on any atom is 0.224 e. The molecule has 0 aliphatic rings. The van der Waals surface area contributed by atoms with E-state index in [0.29, 0.717) is 23.6 Å². The Hall–Kier alpha value is -2.56. The molecule has 98 valence electrons. The van der Waals surface area contributed by atoms with Crippen LogP contribution in [-0.4, -0.2) is 30.6 Å². The van der Waals surface area contributed by atoms with Crippen LogP contribution < -0.4 is 9.47 Å². The van der Waals surface area contributed by atoms with Gasteiger partial charge in [-0.2, -0.15) is 4.98 Å². The maximum absolute atomic E-state index is 10.8. The van der Waals surface area contributed by atoms with Crippen molar-refractivity contribution in [3.05, 3.63) is 35.9 Å². The number of carbonyl (C=O) groups excluding carboxylic acids is 1. The number of ether oxygens (including phenoxy) is 2. The summed E-state index contributed by atoms with van der Waals surface area (Å²) in [6.07, 6.45) is 0.599. The summed E-state index contributed by atoms with van der Waals surface area (Å²) in [6.45, 7) is 0. The first kappa shape index (κ1) is 12.9. The summed E-state index contributed by atoms with van der Waals surface area (Å²) in [7, 11) is 3.03. The Kier molecular flexibility index (Phi) is 3.66. The number of aromatic hydroxyl groups is 1. The summed E-state index contributed by atoms with van der Waals surface area (Å²) >= 11 is 0. The fourth-order valence-electron chi connectivity index (χ4n) is 1.73. The van der Waals surface area contributed by atoms with Gasteiger partial charge in [-0.25, -0.2) is 0 Å². The van der Waals surface area contributed by atoms with Gasteiger partial charge < -0.3 is 14.6 Å². The standard InChI is InChI=1S/C14H13NO4/c1-18-13-6-4-11(14(15-13)19-2)9-3-5-12(17)10(7-9)8-16/h3-8,17H,1-2H3. The quantitative estimate of drug-likeness (QED) is 0.853. The van der Waals surface area contributed by atoms with Crippen LogP contribution in [0.2, 0.25) is 0 Å². The van der Waals surface area contributed by atoms with Crippen molar-refractivity contribution in [1.29, 1.82) is 0 Å². The second-order valence-corrected chi connectivity index (χ2v) is 3.80. The van der Waals surface area contributed by atoms with E-state index in [1.54, 1.807) is 24.3 Å². The molecule has 1 heterocycles. The summed E-state index contributed by atoms with van der Waals surface area (Å²) in [6, 6.07) is 8.21. The highest BCUT2D eigenvalue weighted by atomic mass is 16.5. The van der Waals surface area contributed by atoms with Gasteiger partial charge in [0.15, 0.2) is 6.29 Å². The molecule has 0 saturated heterocycles. The van der Waals surface area contributed by atoms with Crippen LogP contribution >= 0.6 is 0 Å². The number of phenolic OH excluding ortho intramolecular Hbond substituents is 1. The Morgan fingerprint density at radius 2 is 1.95 bits per heavy atom. The number of nitrogens with zero attached hydrogens (tertiary/aromatic N) is 1. The number of hydrogen-bond acceptors (Lipinski definition) is 5. The molecule has 2 rings (SSSR count). The second-order valence-electron chi connectivity index (χ2n) is 3.80. The Labute approximate surface area is 110 Å². The Balaban J connectivity index is 2.55. The summed E-state index contributed by atoms with van der Waals surface area (Å²) in [5.41, 5.74) is 1.66. The molecule has 19 heavy (non-hydrogen) atoms. The van der Waals surface area contributed by atoms with Gasteiger partial charge in [0.05, 0.1) is 19.8 Å². The molecular weight excluding hydrogens is 246 g/mol. The fourth-order valence-corrected chi connectivity index (χ4v) is 1.73. The lowest BCUT2D eigenvalue weighted by Crippen LogP contribution is -1.95. The van der Waals surface area contributed by atoms with Gasteiger partial charge in [0, 0.05) is 11.6 Å². The van der Waals surface area contributed by atoms with Crippen LogP contribution in [0.1, 0.15) is 10.4 Å². The van der Waals surface area contributed by atoms with Crippen molar-refractivity contribution in [3.63, 3.8) is 0 Å². The van der Waals surface area contributed by atoms with Gasteiger partial charge in [-0.15, -0.1) is 0 Å². The molecule has 0 spiro atoms. The molecule has 0 atom stereocenters. The number of benzene rings is 1. The second kappa shape index (κ2) is 5.39. The van der Waals surface area contributed by atoms with E-state index in [2.05, 4.69) is 4.98 Å². The molecule has 0 aliphatic heterocycles. The van der Waals surface area contributed by atoms with Gasteiger partial charge >= 0.3 is 0 Å². The van der Waals surface area contributed by atoms with Gasteiger partial charge in [-0.1, -0.05) is 6.07 Å². The predicted molar refractivity (Wildman–Crippen MR) is 69.8 cm³/mol. The minimum atomic E-state index is -0.0563. The van der Waals surface area contributed by atoms with Gasteiger partial charge in [-0.05, 0) is 23.8 Å². The lowest BCUT2D eigenvalue weighted by atomic mass is 10.0. The zero-order chi connectivity index (χ0) is 13.8. The molecular formula is C14H13NO4. The Bertz CT molecular complexity index is 610. The van der Waals surface area contributed by atoms with Crippen LogP contribution in [0.5, 0.6) is 17.5 Å². The third-order valence-corrected chi connectivity index (χ3v) is 2.70. The van der Waals surface area contributed by atoms with Gasteiger partial charge in [-0.3, -0.25) is 4.79 Å². The van der Waals surface area contributed by atoms with Crippen molar-refractivity contribution in [2.75, 3.05) is 14.2 Å². The minimum Gasteiger partial charge on any atom is -0.507 e. The van der Waals surface area contributed by atoms with Crippen LogP contribution in [0, 0.1) is 0 Å². The fraction of sp³-hybridized carbons (Fsp3) is 0.143. The van der Waals surface area contributed by atoms with Crippen molar-refractivity contribution < 1.29 is 19.4 Å². The molecule has 1 N–H and O–H groups in total. The van der Waals surface area contributed by atoms with E-state index < -0.39 is 0 Å². The number of hydrogen-bond donors (Lipinski definition) is 1. The van der Waals surface area contributed by atoms with E-state index >= 15 is 0 Å². The number of aldehydes is 1. The first-order valence-electron chi connectivity index (χ1n) is 5.57. The number of phenols is 1. The van der Waals surface area contributed by atoms with E-state index in [9.17, 15) is 9.90 Å². The van der Waals surface area contributed by atoms with Gasteiger partial charge in [0.1, 0.15) is 5.75 Å². The number of rotatable bonds is 4. The van der Waals surface area contributed by atoms with Crippen molar-refractivity contribution in [2.24, 2.45) is 0 Å². The molecule has 1 aromatic carbocycles. The zero-order valence-corrected chi connectivity index (χ0v) is 10.6. The van der Waals surface area contributed by atoms with Gasteiger partial charge in [0.25, 0.3) is 0 Å². The molecule has 0 amide bonds. The van der Waals surface area contributed by atoms with Crippen molar-refractivity contribution in [2.45, 2.75) is 0 Å². The predicted octanol–water partition coefficient (Wildman–Crippen LogP) is 2.28. The maximum atomic E-state index is 10.8. The Morgan fingerprint density at radius 1 is 1.16 bits per heavy atom. The average Bonchev–Trinajstić information content (AvgIpc) is 2.47. The molecule has 1 aromatic heterocycles. The van der Waals surface area contributed by atoms with E-state index in [1.807, 2.05) is 0 Å². The number of pyridine rings is 1.